The van der Waals surface area contributed by atoms with Crippen LogP contribution in [0.25, 0.3) is 6.08 Å². The predicted octanol–water partition coefficient (Wildman–Crippen LogP) is 5.48. The molecule has 0 aliphatic carbocycles. The van der Waals surface area contributed by atoms with E-state index in [1.54, 1.807) is 25.2 Å². The molecule has 1 amide bonds. The summed E-state index contributed by atoms with van der Waals surface area (Å²) >= 11 is 1.22. The van der Waals surface area contributed by atoms with E-state index in [1.165, 1.54) is 59.1 Å². The summed E-state index contributed by atoms with van der Waals surface area (Å²) in [6, 6.07) is 8.76. The molecule has 62 heavy (non-hydrogen) atoms. The summed E-state index contributed by atoms with van der Waals surface area (Å²) in [7, 11) is -4.58. The molecular weight excluding hydrogens is 864 g/mol. The molecule has 2 aliphatic rings. The van der Waals surface area contributed by atoms with Gasteiger partial charge in [0.15, 0.2) is 11.9 Å². The molecule has 3 aromatic rings. The minimum Gasteiger partial charge on any atom is -0.425 e. The Hall–Kier alpha value is -5.31. The third-order valence-electron chi connectivity index (χ3n) is 9.77. The van der Waals surface area contributed by atoms with Crippen molar-refractivity contribution in [3.63, 3.8) is 0 Å². The lowest BCUT2D eigenvalue weighted by molar-refractivity contribution is -0.172. The van der Waals surface area contributed by atoms with Crippen LogP contribution in [0.2, 0.25) is 0 Å². The van der Waals surface area contributed by atoms with Gasteiger partial charge in [-0.1, -0.05) is 24.3 Å². The zero-order valence-electron chi connectivity index (χ0n) is 33.5. The van der Waals surface area contributed by atoms with Gasteiger partial charge in [0.05, 0.1) is 49.7 Å². The lowest BCUT2D eigenvalue weighted by atomic mass is 9.89. The lowest BCUT2D eigenvalue weighted by Crippen LogP contribution is -2.47. The summed E-state index contributed by atoms with van der Waals surface area (Å²) in [6.07, 6.45) is 5.41. The number of carbonyl (C=O) groups is 3. The average molecular weight is 908 g/mol. The first-order valence-electron chi connectivity index (χ1n) is 19.2. The van der Waals surface area contributed by atoms with Crippen LogP contribution in [0, 0.1) is 34.7 Å². The van der Waals surface area contributed by atoms with E-state index in [2.05, 4.69) is 14.3 Å². The van der Waals surface area contributed by atoms with E-state index in [0.29, 0.717) is 18.9 Å². The van der Waals surface area contributed by atoms with Crippen molar-refractivity contribution < 1.29 is 68.4 Å². The van der Waals surface area contributed by atoms with Gasteiger partial charge in [-0.25, -0.2) is 31.8 Å². The van der Waals surface area contributed by atoms with Crippen molar-refractivity contribution in [3.8, 4) is 6.07 Å². The Bertz CT molecular complexity index is 2230. The molecule has 3 atom stereocenters. The highest BCUT2D eigenvalue weighted by Gasteiger charge is 2.47. The van der Waals surface area contributed by atoms with Gasteiger partial charge in [-0.3, -0.25) is 14.1 Å². The van der Waals surface area contributed by atoms with E-state index in [9.17, 15) is 31.6 Å². The number of esters is 1. The number of allylic oxidation sites excluding steroid dienone is 2. The molecule has 0 bridgehead atoms. The zero-order chi connectivity index (χ0) is 44.9. The minimum absolute atomic E-state index is 0.132. The fraction of sp³-hybridized carbons (Fsp3) is 0.450. The maximum Gasteiger partial charge on any atom is 0.512 e. The van der Waals surface area contributed by atoms with Crippen LogP contribution in [0.4, 0.5) is 18.0 Å². The molecule has 0 saturated carbocycles. The maximum atomic E-state index is 15.8. The third kappa shape index (κ3) is 14.1. The minimum atomic E-state index is -4.58. The predicted molar refractivity (Wildman–Crippen MR) is 213 cm³/mol. The van der Waals surface area contributed by atoms with Crippen LogP contribution < -0.4 is 0 Å². The molecule has 17 nitrogen and oxygen atoms in total. The first-order valence-corrected chi connectivity index (χ1v) is 21.5. The average Bonchev–Trinajstić information content (AvgIpc) is 3.74. The van der Waals surface area contributed by atoms with Crippen molar-refractivity contribution in [2.75, 3.05) is 32.9 Å². The highest BCUT2D eigenvalue weighted by molar-refractivity contribution is 8.00. The Labute approximate surface area is 359 Å². The fourth-order valence-electron chi connectivity index (χ4n) is 6.60. The van der Waals surface area contributed by atoms with Gasteiger partial charge < -0.3 is 28.6 Å². The second-order valence-corrected chi connectivity index (χ2v) is 16.9. The van der Waals surface area contributed by atoms with Gasteiger partial charge in [-0.2, -0.15) is 18.8 Å². The van der Waals surface area contributed by atoms with Crippen LogP contribution in [-0.4, -0.2) is 107 Å². The smallest absolute Gasteiger partial charge is 0.425 e. The van der Waals surface area contributed by atoms with Gasteiger partial charge >= 0.3 is 22.5 Å². The summed E-state index contributed by atoms with van der Waals surface area (Å²) in [5, 5.41) is 11.8. The van der Waals surface area contributed by atoms with Gasteiger partial charge in [0.1, 0.15) is 30.1 Å². The summed E-state index contributed by atoms with van der Waals surface area (Å²) in [6.45, 7) is 3.16. The van der Waals surface area contributed by atoms with Crippen LogP contribution in [0.5, 0.6) is 0 Å². The van der Waals surface area contributed by atoms with E-state index in [1.807, 2.05) is 6.07 Å². The second-order valence-electron chi connectivity index (χ2n) is 14.2. The maximum absolute atomic E-state index is 15.8. The second kappa shape index (κ2) is 22.2. The molecule has 0 spiro atoms. The molecule has 22 heteroatoms. The molecule has 3 unspecified atom stereocenters. The van der Waals surface area contributed by atoms with Crippen molar-refractivity contribution >= 4 is 46.3 Å². The normalized spacial score (nSPS) is 19.4. The number of nitrogens with zero attached hydrogens (tertiary/aromatic N) is 5. The number of carbonyl (C=O) groups excluding carboxylic acids is 3. The number of ether oxygens (including phenoxy) is 5. The lowest BCUT2D eigenvalue weighted by Gasteiger charge is -2.40. The monoisotopic (exact) mass is 907 g/mol. The van der Waals surface area contributed by atoms with Crippen molar-refractivity contribution in [2.45, 2.75) is 74.8 Å². The molecule has 0 radical (unpaired) electrons. The number of likely N-dealkylation sites (tertiary alicyclic amines) is 1. The van der Waals surface area contributed by atoms with E-state index in [4.69, 9.17) is 33.5 Å². The molecule has 3 heterocycles. The number of hydrogen-bond donors (Lipinski definition) is 1. The third-order valence-corrected chi connectivity index (χ3v) is 11.6. The molecule has 334 valence electrons. The number of rotatable bonds is 18. The van der Waals surface area contributed by atoms with Crippen LogP contribution in [-0.2, 0) is 60.0 Å². The van der Waals surface area contributed by atoms with Gasteiger partial charge in [-0.15, -0.1) is 11.8 Å². The van der Waals surface area contributed by atoms with E-state index in [-0.39, 0.29) is 80.8 Å². The number of benzene rings is 2. The number of hydrogen-bond acceptors (Lipinski definition) is 15. The van der Waals surface area contributed by atoms with Crippen molar-refractivity contribution in [1.29, 1.82) is 5.26 Å². The Morgan fingerprint density at radius 1 is 1.05 bits per heavy atom. The quantitative estimate of drug-likeness (QED) is 0.0724. The largest absolute Gasteiger partial charge is 0.512 e. The molecule has 2 saturated heterocycles. The zero-order valence-corrected chi connectivity index (χ0v) is 35.1. The Kier molecular flexibility index (Phi) is 17.1. The first kappa shape index (κ1) is 47.7. The van der Waals surface area contributed by atoms with E-state index in [0.717, 1.165) is 18.2 Å². The van der Waals surface area contributed by atoms with Crippen molar-refractivity contribution in [3.05, 3.63) is 101 Å². The summed E-state index contributed by atoms with van der Waals surface area (Å²) < 4.78 is 109. The van der Waals surface area contributed by atoms with Gasteiger partial charge in [0.2, 0.25) is 12.2 Å². The Balaban J connectivity index is 1.20. The van der Waals surface area contributed by atoms with E-state index < -0.39 is 68.7 Å². The Morgan fingerprint density at radius 3 is 2.44 bits per heavy atom. The van der Waals surface area contributed by atoms with Crippen molar-refractivity contribution in [2.24, 2.45) is 5.92 Å². The topological polar surface area (TPSA) is 219 Å². The van der Waals surface area contributed by atoms with Gasteiger partial charge in [0, 0.05) is 48.9 Å². The summed E-state index contributed by atoms with van der Waals surface area (Å²) in [5.74, 6) is -3.90. The molecule has 2 aliphatic heterocycles. The summed E-state index contributed by atoms with van der Waals surface area (Å²) in [5.41, 5.74) is -1.71. The Morgan fingerprint density at radius 2 is 1.79 bits per heavy atom. The number of amides is 1. The van der Waals surface area contributed by atoms with Crippen LogP contribution in [0.15, 0.2) is 67.3 Å². The standard InChI is InChI=1S/C40H44F3N5O12S2/c1-26(61-32-21-55-38(56-22-32)6-4-3-5-30-8-7-29(19-44)17-34(30)42)40(23-48-25-45-24-46-48,33-10-9-31(41)18-35(33)43)60-39(51)59-27(2)58-37(50)12-11-36(49)47-15-13-28(14-16-47)20-57-62(52,53)54/h3-10,17-18,24-28,32,38H,11-16,20-23H2,1-2H3,(H,52,53,54). The first-order chi connectivity index (χ1) is 29.5. The molecule has 1 N–H and O–H groups in total. The number of halogens is 3. The molecule has 2 aromatic carbocycles. The molecular formula is C40H44F3N5O12S2. The number of thioether (sulfide) groups is 1. The fourth-order valence-corrected chi connectivity index (χ4v) is 8.33. The van der Waals surface area contributed by atoms with Gasteiger partial charge in [-0.05, 0) is 56.0 Å². The van der Waals surface area contributed by atoms with Crippen LogP contribution in [0.3, 0.4) is 0 Å². The van der Waals surface area contributed by atoms with Crippen LogP contribution >= 0.6 is 11.8 Å². The number of nitriles is 1. The van der Waals surface area contributed by atoms with Crippen LogP contribution in [0.1, 0.15) is 56.2 Å². The molecule has 5 rings (SSSR count). The van der Waals surface area contributed by atoms with Gasteiger partial charge in [0.25, 0.3) is 0 Å². The van der Waals surface area contributed by atoms with E-state index >= 15 is 4.39 Å². The highest BCUT2D eigenvalue weighted by atomic mass is 32.3. The van der Waals surface area contributed by atoms with Crippen molar-refractivity contribution in [1.82, 2.24) is 19.7 Å². The molecule has 2 fully saturated rings. The number of piperidine rings is 1. The summed E-state index contributed by atoms with van der Waals surface area (Å²) in [4.78, 5) is 44.4. The number of aromatic nitrogens is 3. The highest BCUT2D eigenvalue weighted by Crippen LogP contribution is 2.42. The SMILES string of the molecule is CC(OC(=O)CCC(=O)N1CCC(COS(=O)(=O)O)CC1)OC(=O)OC(Cn1cncn1)(c1ccc(F)cc1F)C(C)SC1COC(C=CC=Cc2ccc(C#N)cc2F)OC1. The molecule has 1 aromatic heterocycles.